The lowest BCUT2D eigenvalue weighted by Crippen LogP contribution is -2.14. The van der Waals surface area contributed by atoms with E-state index in [2.05, 4.69) is 4.98 Å². The number of nitrogens with two attached hydrogens (primary N) is 1. The number of ether oxygens (including phenoxy) is 1. The normalized spacial score (nSPS) is 13.2. The van der Waals surface area contributed by atoms with Gasteiger partial charge in [0, 0.05) is 12.0 Å². The Hall–Kier alpha value is -1.96. The van der Waals surface area contributed by atoms with Crippen LogP contribution in [0.5, 0.6) is 5.75 Å². The van der Waals surface area contributed by atoms with Gasteiger partial charge in [0.25, 0.3) is 5.56 Å². The Kier molecular flexibility index (Phi) is 1.49. The molecule has 0 aromatic carbocycles. The minimum atomic E-state index is -0.486. The van der Waals surface area contributed by atoms with Gasteiger partial charge in [0.15, 0.2) is 5.56 Å². The lowest BCUT2D eigenvalue weighted by Gasteiger charge is -2.02. The first-order chi connectivity index (χ1) is 6.24. The molecule has 2 rings (SSSR count). The van der Waals surface area contributed by atoms with Crippen LogP contribution in [0.1, 0.15) is 11.1 Å². The summed E-state index contributed by atoms with van der Waals surface area (Å²) in [5, 5.41) is 8.68. The van der Waals surface area contributed by atoms with Crippen molar-refractivity contribution < 1.29 is 4.74 Å². The first kappa shape index (κ1) is 7.68. The van der Waals surface area contributed by atoms with Crippen molar-refractivity contribution in [1.29, 1.82) is 5.26 Å². The molecular weight excluding hydrogens is 170 g/mol. The highest BCUT2D eigenvalue weighted by Gasteiger charge is 2.22. The van der Waals surface area contributed by atoms with E-state index < -0.39 is 5.56 Å². The van der Waals surface area contributed by atoms with E-state index in [9.17, 15) is 4.79 Å². The second kappa shape index (κ2) is 2.52. The summed E-state index contributed by atoms with van der Waals surface area (Å²) in [7, 11) is 0. The van der Waals surface area contributed by atoms with Crippen LogP contribution in [0.3, 0.4) is 0 Å². The van der Waals surface area contributed by atoms with Crippen LogP contribution in [-0.2, 0) is 6.42 Å². The van der Waals surface area contributed by atoms with Crippen LogP contribution in [0.4, 0.5) is 5.82 Å². The van der Waals surface area contributed by atoms with Gasteiger partial charge in [-0.3, -0.25) is 4.79 Å². The van der Waals surface area contributed by atoms with E-state index in [0.717, 1.165) is 5.56 Å². The molecular formula is C8H7N3O2. The largest absolute Gasteiger partial charge is 0.491 e. The van der Waals surface area contributed by atoms with Gasteiger partial charge in [-0.05, 0) is 0 Å². The maximum absolute atomic E-state index is 11.2. The van der Waals surface area contributed by atoms with Gasteiger partial charge in [-0.15, -0.1) is 0 Å². The molecule has 1 aromatic heterocycles. The van der Waals surface area contributed by atoms with E-state index in [-0.39, 0.29) is 5.56 Å². The molecule has 2 heterocycles. The highest BCUT2D eigenvalue weighted by atomic mass is 16.5. The molecule has 0 atom stereocenters. The number of nitriles is 1. The predicted molar refractivity (Wildman–Crippen MR) is 45.4 cm³/mol. The average molecular weight is 177 g/mol. The van der Waals surface area contributed by atoms with Crippen molar-refractivity contribution in [2.45, 2.75) is 6.42 Å². The van der Waals surface area contributed by atoms with Gasteiger partial charge in [-0.2, -0.15) is 5.26 Å². The molecule has 0 bridgehead atoms. The number of rotatable bonds is 0. The Labute approximate surface area is 73.7 Å². The van der Waals surface area contributed by atoms with Crippen molar-refractivity contribution in [1.82, 2.24) is 4.98 Å². The van der Waals surface area contributed by atoms with Crippen LogP contribution in [0.15, 0.2) is 4.79 Å². The van der Waals surface area contributed by atoms with Crippen molar-refractivity contribution in [2.24, 2.45) is 0 Å². The van der Waals surface area contributed by atoms with Gasteiger partial charge in [-0.25, -0.2) is 0 Å². The molecule has 0 radical (unpaired) electrons. The van der Waals surface area contributed by atoms with Crippen LogP contribution in [0.2, 0.25) is 0 Å². The van der Waals surface area contributed by atoms with Gasteiger partial charge >= 0.3 is 0 Å². The van der Waals surface area contributed by atoms with Crippen LogP contribution >= 0.6 is 0 Å². The summed E-state index contributed by atoms with van der Waals surface area (Å²) in [5.74, 6) is 0.653. The summed E-state index contributed by atoms with van der Waals surface area (Å²) in [6.07, 6.45) is 0.645. The second-order valence-corrected chi connectivity index (χ2v) is 2.76. The van der Waals surface area contributed by atoms with Crippen LogP contribution in [0.25, 0.3) is 0 Å². The number of fused-ring (bicyclic) bond motifs is 1. The fraction of sp³-hybridized carbons (Fsp3) is 0.250. The number of nitrogen functional groups attached to an aromatic ring is 1. The minimum absolute atomic E-state index is 0.0155. The summed E-state index contributed by atoms with van der Waals surface area (Å²) in [6, 6.07) is 1.80. The monoisotopic (exact) mass is 177 g/mol. The van der Waals surface area contributed by atoms with Crippen LogP contribution in [0, 0.1) is 11.3 Å². The lowest BCUT2D eigenvalue weighted by molar-refractivity contribution is 0.355. The summed E-state index contributed by atoms with van der Waals surface area (Å²) < 4.78 is 5.16. The number of hydrogen-bond donors (Lipinski definition) is 2. The number of hydrogen-bond acceptors (Lipinski definition) is 4. The SMILES string of the molecule is N#Cc1c2c(c(N)[nH]c1=O)CCO2. The van der Waals surface area contributed by atoms with Gasteiger partial charge < -0.3 is 15.5 Å². The first-order valence-corrected chi connectivity index (χ1v) is 3.81. The molecule has 0 fully saturated rings. The molecule has 66 valence electrons. The van der Waals surface area contributed by atoms with E-state index in [1.807, 2.05) is 0 Å². The maximum atomic E-state index is 11.2. The molecule has 0 saturated heterocycles. The number of nitrogens with one attached hydrogen (secondary N) is 1. The number of H-pyrrole nitrogens is 1. The zero-order chi connectivity index (χ0) is 9.42. The Balaban J connectivity index is 2.82. The minimum Gasteiger partial charge on any atom is -0.491 e. The molecule has 0 saturated carbocycles. The van der Waals surface area contributed by atoms with Crippen molar-refractivity contribution in [2.75, 3.05) is 12.3 Å². The Morgan fingerprint density at radius 1 is 1.62 bits per heavy atom. The number of aromatic nitrogens is 1. The second-order valence-electron chi connectivity index (χ2n) is 2.76. The highest BCUT2D eigenvalue weighted by molar-refractivity contribution is 5.57. The molecule has 5 heteroatoms. The van der Waals surface area contributed by atoms with Crippen molar-refractivity contribution >= 4 is 5.82 Å². The van der Waals surface area contributed by atoms with Crippen molar-refractivity contribution in [3.8, 4) is 11.8 Å². The Morgan fingerprint density at radius 2 is 2.38 bits per heavy atom. The van der Waals surface area contributed by atoms with Gasteiger partial charge in [-0.1, -0.05) is 0 Å². The fourth-order valence-electron chi connectivity index (χ4n) is 1.40. The standard InChI is InChI=1S/C8H7N3O2/c9-3-5-6-4(1-2-13-6)7(10)11-8(5)12/h1-2H2,(H3,10,11,12). The number of anilines is 1. The van der Waals surface area contributed by atoms with Crippen molar-refractivity contribution in [3.05, 3.63) is 21.5 Å². The van der Waals surface area contributed by atoms with Gasteiger partial charge in [0.1, 0.15) is 17.6 Å². The van der Waals surface area contributed by atoms with E-state index in [1.54, 1.807) is 6.07 Å². The van der Waals surface area contributed by atoms with Gasteiger partial charge in [0.2, 0.25) is 0 Å². The summed E-state index contributed by atoms with van der Waals surface area (Å²) >= 11 is 0. The fourth-order valence-corrected chi connectivity index (χ4v) is 1.40. The van der Waals surface area contributed by atoms with Gasteiger partial charge in [0.05, 0.1) is 6.61 Å². The van der Waals surface area contributed by atoms with E-state index in [4.69, 9.17) is 15.7 Å². The average Bonchev–Trinajstić information content (AvgIpc) is 2.53. The van der Waals surface area contributed by atoms with Crippen LogP contribution in [-0.4, -0.2) is 11.6 Å². The van der Waals surface area contributed by atoms with Crippen LogP contribution < -0.4 is 16.0 Å². The quantitative estimate of drug-likeness (QED) is 0.572. The summed E-state index contributed by atoms with van der Waals surface area (Å²) in [5.41, 5.74) is 5.81. The topological polar surface area (TPSA) is 91.9 Å². The molecule has 1 aliphatic heterocycles. The third kappa shape index (κ3) is 0.957. The summed E-state index contributed by atoms with van der Waals surface area (Å²) in [6.45, 7) is 0.478. The molecule has 0 spiro atoms. The maximum Gasteiger partial charge on any atom is 0.271 e. The summed E-state index contributed by atoms with van der Waals surface area (Å²) in [4.78, 5) is 13.6. The molecule has 13 heavy (non-hydrogen) atoms. The smallest absolute Gasteiger partial charge is 0.271 e. The van der Waals surface area contributed by atoms with E-state index >= 15 is 0 Å². The number of pyridine rings is 1. The van der Waals surface area contributed by atoms with E-state index in [1.165, 1.54) is 0 Å². The molecule has 3 N–H and O–H groups in total. The Morgan fingerprint density at radius 3 is 3.08 bits per heavy atom. The molecule has 1 aliphatic rings. The molecule has 5 nitrogen and oxygen atoms in total. The molecule has 1 aromatic rings. The molecule has 0 aliphatic carbocycles. The molecule has 0 unspecified atom stereocenters. The number of nitrogens with zero attached hydrogens (tertiary/aromatic N) is 1. The molecule has 0 amide bonds. The van der Waals surface area contributed by atoms with Crippen molar-refractivity contribution in [3.63, 3.8) is 0 Å². The lowest BCUT2D eigenvalue weighted by atomic mass is 10.1. The zero-order valence-corrected chi connectivity index (χ0v) is 6.76. The zero-order valence-electron chi connectivity index (χ0n) is 6.76. The van der Waals surface area contributed by atoms with E-state index in [0.29, 0.717) is 24.6 Å². The third-order valence-electron chi connectivity index (χ3n) is 2.01. The number of aromatic amines is 1. The third-order valence-corrected chi connectivity index (χ3v) is 2.01. The predicted octanol–water partition coefficient (Wildman–Crippen LogP) is -0.236. The Bertz CT molecular complexity index is 456. The highest BCUT2D eigenvalue weighted by Crippen LogP contribution is 2.29. The first-order valence-electron chi connectivity index (χ1n) is 3.81.